The van der Waals surface area contributed by atoms with E-state index in [-0.39, 0.29) is 11.3 Å². The molecule has 0 bridgehead atoms. The fourth-order valence-corrected chi connectivity index (χ4v) is 3.05. The molecule has 3 heterocycles. The van der Waals surface area contributed by atoms with Gasteiger partial charge in [0.2, 0.25) is 0 Å². The van der Waals surface area contributed by atoms with Crippen LogP contribution in [-0.4, -0.2) is 37.1 Å². The van der Waals surface area contributed by atoms with Crippen LogP contribution < -0.4 is 0 Å². The van der Waals surface area contributed by atoms with Crippen molar-refractivity contribution in [1.82, 2.24) is 24.6 Å². The second-order valence-electron chi connectivity index (χ2n) is 7.47. The van der Waals surface area contributed by atoms with Gasteiger partial charge in [-0.25, -0.2) is 14.6 Å². The Morgan fingerprint density at radius 1 is 1.23 bits per heavy atom. The minimum Gasteiger partial charge on any atom is -0.445 e. The Bertz CT molecular complexity index is 937. The van der Waals surface area contributed by atoms with E-state index in [0.29, 0.717) is 25.1 Å². The van der Waals surface area contributed by atoms with Crippen LogP contribution >= 0.6 is 0 Å². The molecule has 0 N–H and O–H groups in total. The number of para-hydroxylation sites is 1. The molecule has 1 amide bonds. The highest BCUT2D eigenvalue weighted by molar-refractivity contribution is 5.97. The molecular weight excluding hydrogens is 330 g/mol. The van der Waals surface area contributed by atoms with E-state index >= 15 is 0 Å². The SMILES string of the molecule is CC(C)(C)c1nc2c(o1)CCN(C(=O)c1ccccc1-n1cncn1)C2. The van der Waals surface area contributed by atoms with Crippen molar-refractivity contribution in [2.24, 2.45) is 0 Å². The third-order valence-electron chi connectivity index (χ3n) is 4.46. The van der Waals surface area contributed by atoms with Crippen LogP contribution in [0.5, 0.6) is 0 Å². The Kier molecular flexibility index (Phi) is 3.86. The van der Waals surface area contributed by atoms with E-state index in [2.05, 4.69) is 35.8 Å². The number of nitrogens with zero attached hydrogens (tertiary/aromatic N) is 5. The van der Waals surface area contributed by atoms with E-state index in [1.807, 2.05) is 29.2 Å². The van der Waals surface area contributed by atoms with Gasteiger partial charge in [-0.3, -0.25) is 4.79 Å². The number of oxazole rings is 1. The Hall–Kier alpha value is -2.96. The van der Waals surface area contributed by atoms with E-state index < -0.39 is 0 Å². The lowest BCUT2D eigenvalue weighted by Gasteiger charge is -2.26. The fraction of sp³-hybridized carbons (Fsp3) is 0.368. The number of rotatable bonds is 2. The molecule has 26 heavy (non-hydrogen) atoms. The lowest BCUT2D eigenvalue weighted by atomic mass is 9.97. The maximum atomic E-state index is 13.1. The second-order valence-corrected chi connectivity index (χ2v) is 7.47. The molecule has 0 radical (unpaired) electrons. The number of hydrogen-bond donors (Lipinski definition) is 0. The summed E-state index contributed by atoms with van der Waals surface area (Å²) in [5, 5.41) is 4.15. The quantitative estimate of drug-likeness (QED) is 0.709. The molecule has 0 atom stereocenters. The van der Waals surface area contributed by atoms with Gasteiger partial charge < -0.3 is 9.32 Å². The van der Waals surface area contributed by atoms with Crippen LogP contribution in [0.2, 0.25) is 0 Å². The summed E-state index contributed by atoms with van der Waals surface area (Å²) in [4.78, 5) is 23.6. The Morgan fingerprint density at radius 3 is 2.77 bits per heavy atom. The summed E-state index contributed by atoms with van der Waals surface area (Å²) in [5.41, 5.74) is 2.02. The smallest absolute Gasteiger partial charge is 0.256 e. The average Bonchev–Trinajstić information content (AvgIpc) is 3.29. The van der Waals surface area contributed by atoms with Crippen LogP contribution in [-0.2, 0) is 18.4 Å². The van der Waals surface area contributed by atoms with Crippen LogP contribution in [0.3, 0.4) is 0 Å². The maximum Gasteiger partial charge on any atom is 0.256 e. The van der Waals surface area contributed by atoms with Crippen molar-refractivity contribution in [3.63, 3.8) is 0 Å². The summed E-state index contributed by atoms with van der Waals surface area (Å²) >= 11 is 0. The normalized spacial score (nSPS) is 14.3. The van der Waals surface area contributed by atoms with Crippen molar-refractivity contribution in [2.75, 3.05) is 6.54 Å². The van der Waals surface area contributed by atoms with Crippen molar-refractivity contribution in [1.29, 1.82) is 0 Å². The van der Waals surface area contributed by atoms with Crippen molar-refractivity contribution >= 4 is 5.91 Å². The van der Waals surface area contributed by atoms with Gasteiger partial charge in [-0.15, -0.1) is 0 Å². The topological polar surface area (TPSA) is 77.0 Å². The van der Waals surface area contributed by atoms with Crippen LogP contribution in [0.4, 0.5) is 0 Å². The number of carbonyl (C=O) groups excluding carboxylic acids is 1. The summed E-state index contributed by atoms with van der Waals surface area (Å²) in [6.07, 6.45) is 3.72. The van der Waals surface area contributed by atoms with E-state index in [1.54, 1.807) is 11.0 Å². The Balaban J connectivity index is 1.62. The van der Waals surface area contributed by atoms with Gasteiger partial charge >= 0.3 is 0 Å². The lowest BCUT2D eigenvalue weighted by Crippen LogP contribution is -2.36. The molecule has 0 saturated heterocycles. The predicted octanol–water partition coefficient (Wildman–Crippen LogP) is 2.75. The molecule has 134 valence electrons. The zero-order chi connectivity index (χ0) is 18.3. The average molecular weight is 351 g/mol. The first-order valence-corrected chi connectivity index (χ1v) is 8.66. The molecular formula is C19H21N5O2. The summed E-state index contributed by atoms with van der Waals surface area (Å²) < 4.78 is 7.52. The monoisotopic (exact) mass is 351 g/mol. The van der Waals surface area contributed by atoms with Gasteiger partial charge in [0.1, 0.15) is 24.1 Å². The molecule has 0 spiro atoms. The van der Waals surface area contributed by atoms with Gasteiger partial charge in [0.05, 0.1) is 17.8 Å². The van der Waals surface area contributed by atoms with Gasteiger partial charge in [0, 0.05) is 18.4 Å². The summed E-state index contributed by atoms with van der Waals surface area (Å²) in [7, 11) is 0. The highest BCUT2D eigenvalue weighted by atomic mass is 16.4. The molecule has 1 aromatic carbocycles. The largest absolute Gasteiger partial charge is 0.445 e. The van der Waals surface area contributed by atoms with Crippen molar-refractivity contribution in [2.45, 2.75) is 39.2 Å². The minimum atomic E-state index is -0.147. The zero-order valence-electron chi connectivity index (χ0n) is 15.1. The number of carbonyl (C=O) groups is 1. The maximum absolute atomic E-state index is 13.1. The molecule has 7 nitrogen and oxygen atoms in total. The molecule has 0 unspecified atom stereocenters. The van der Waals surface area contributed by atoms with E-state index in [4.69, 9.17) is 4.42 Å². The highest BCUT2D eigenvalue weighted by Crippen LogP contribution is 2.28. The van der Waals surface area contributed by atoms with Gasteiger partial charge in [0.25, 0.3) is 5.91 Å². The van der Waals surface area contributed by atoms with Crippen molar-refractivity contribution < 1.29 is 9.21 Å². The van der Waals surface area contributed by atoms with Crippen molar-refractivity contribution in [3.05, 3.63) is 59.8 Å². The van der Waals surface area contributed by atoms with Crippen LogP contribution in [0.25, 0.3) is 5.69 Å². The standard InChI is InChI=1S/C19H21N5O2/c1-19(2,3)18-22-14-10-23(9-8-16(14)26-18)17(25)13-6-4-5-7-15(13)24-12-20-11-21-24/h4-7,11-12H,8-10H2,1-3H3. The van der Waals surface area contributed by atoms with Crippen LogP contribution in [0.1, 0.15) is 48.5 Å². The first kappa shape index (κ1) is 16.5. The molecule has 2 aromatic heterocycles. The van der Waals surface area contributed by atoms with Gasteiger partial charge in [-0.2, -0.15) is 5.10 Å². The molecule has 4 rings (SSSR count). The third-order valence-corrected chi connectivity index (χ3v) is 4.46. The second kappa shape index (κ2) is 6.09. The number of amides is 1. The Labute approximate surface area is 151 Å². The lowest BCUT2D eigenvalue weighted by molar-refractivity contribution is 0.0727. The van der Waals surface area contributed by atoms with Gasteiger partial charge in [-0.05, 0) is 12.1 Å². The minimum absolute atomic E-state index is 0.0398. The van der Waals surface area contributed by atoms with Crippen molar-refractivity contribution in [3.8, 4) is 5.69 Å². The summed E-state index contributed by atoms with van der Waals surface area (Å²) in [6.45, 7) is 7.28. The first-order chi connectivity index (χ1) is 12.4. The zero-order valence-corrected chi connectivity index (χ0v) is 15.1. The molecule has 0 aliphatic carbocycles. The van der Waals surface area contributed by atoms with E-state index in [1.165, 1.54) is 6.33 Å². The van der Waals surface area contributed by atoms with Gasteiger partial charge in [0.15, 0.2) is 5.89 Å². The summed E-state index contributed by atoms with van der Waals surface area (Å²) in [6, 6.07) is 7.43. The van der Waals surface area contributed by atoms with Crippen LogP contribution in [0, 0.1) is 0 Å². The number of hydrogen-bond acceptors (Lipinski definition) is 5. The van der Waals surface area contributed by atoms with Gasteiger partial charge in [-0.1, -0.05) is 32.9 Å². The number of benzene rings is 1. The fourth-order valence-electron chi connectivity index (χ4n) is 3.05. The number of aromatic nitrogens is 4. The summed E-state index contributed by atoms with van der Waals surface area (Å²) in [5.74, 6) is 1.57. The number of fused-ring (bicyclic) bond motifs is 1. The molecule has 0 saturated carbocycles. The van der Waals surface area contributed by atoms with Crippen LogP contribution in [0.15, 0.2) is 41.3 Å². The molecule has 0 fully saturated rings. The molecule has 3 aromatic rings. The third kappa shape index (κ3) is 2.89. The molecule has 7 heteroatoms. The molecule has 1 aliphatic rings. The Morgan fingerprint density at radius 2 is 2.04 bits per heavy atom. The van der Waals surface area contributed by atoms with E-state index in [0.717, 1.165) is 23.0 Å². The highest BCUT2D eigenvalue weighted by Gasteiger charge is 2.30. The molecule has 1 aliphatic heterocycles. The first-order valence-electron chi connectivity index (χ1n) is 8.66. The van der Waals surface area contributed by atoms with E-state index in [9.17, 15) is 4.79 Å². The predicted molar refractivity (Wildman–Crippen MR) is 95.0 cm³/mol.